The van der Waals surface area contributed by atoms with Crippen LogP contribution in [0, 0.1) is 5.92 Å². The summed E-state index contributed by atoms with van der Waals surface area (Å²) in [5, 5.41) is 3.37. The normalized spacial score (nSPS) is 17.6. The van der Waals surface area contributed by atoms with Crippen molar-refractivity contribution < 1.29 is 9.47 Å². The number of hydrogen-bond donors (Lipinski definition) is 1. The highest BCUT2D eigenvalue weighted by molar-refractivity contribution is 5.79. The van der Waals surface area contributed by atoms with Crippen molar-refractivity contribution in [2.24, 2.45) is 10.9 Å². The van der Waals surface area contributed by atoms with Gasteiger partial charge in [0, 0.05) is 44.4 Å². The Kier molecular flexibility index (Phi) is 8.52. The summed E-state index contributed by atoms with van der Waals surface area (Å²) in [6.45, 7) is 9.03. The van der Waals surface area contributed by atoms with E-state index in [1.54, 1.807) is 6.20 Å². The average Bonchev–Trinajstić information content (AvgIpc) is 3.12. The van der Waals surface area contributed by atoms with Crippen molar-refractivity contribution >= 4 is 5.96 Å². The molecule has 0 saturated carbocycles. The van der Waals surface area contributed by atoms with Gasteiger partial charge < -0.3 is 19.7 Å². The molecule has 6 nitrogen and oxygen atoms in total. The molecule has 2 rings (SSSR count). The van der Waals surface area contributed by atoms with Crippen LogP contribution >= 0.6 is 0 Å². The molecule has 0 amide bonds. The van der Waals surface area contributed by atoms with E-state index in [1.807, 2.05) is 12.1 Å². The van der Waals surface area contributed by atoms with Gasteiger partial charge in [-0.15, -0.1) is 0 Å². The molecule has 25 heavy (non-hydrogen) atoms. The zero-order chi connectivity index (χ0) is 17.9. The minimum atomic E-state index is 0.559. The Morgan fingerprint density at radius 2 is 2.36 bits per heavy atom. The Labute approximate surface area is 151 Å². The molecule has 1 aliphatic heterocycles. The smallest absolute Gasteiger partial charge is 0.218 e. The summed E-state index contributed by atoms with van der Waals surface area (Å²) < 4.78 is 11.3. The van der Waals surface area contributed by atoms with Crippen molar-refractivity contribution in [3.8, 4) is 5.88 Å². The van der Waals surface area contributed by atoms with Crippen molar-refractivity contribution in [2.45, 2.75) is 39.7 Å². The second-order valence-electron chi connectivity index (χ2n) is 6.45. The summed E-state index contributed by atoms with van der Waals surface area (Å²) in [6.07, 6.45) is 5.04. The topological polar surface area (TPSA) is 59.0 Å². The Hall–Kier alpha value is -1.82. The molecule has 2 heterocycles. The fourth-order valence-electron chi connectivity index (χ4n) is 2.82. The maximum absolute atomic E-state index is 5.81. The van der Waals surface area contributed by atoms with E-state index in [1.165, 1.54) is 0 Å². The number of unbranched alkanes of at least 4 members (excludes halogenated alkanes) is 1. The standard InChI is InChI=1S/C19H32N4O2/c1-4-6-11-25-18-17(8-7-10-21-18)13-22-19(20-5-2)23(3)14-16-9-12-24-15-16/h7-8,10,16H,4-6,9,11-15H2,1-3H3,(H,20,22). The van der Waals surface area contributed by atoms with Crippen LogP contribution in [-0.4, -0.2) is 55.8 Å². The third kappa shape index (κ3) is 6.53. The first-order valence-corrected chi connectivity index (χ1v) is 9.38. The summed E-state index contributed by atoms with van der Waals surface area (Å²) in [7, 11) is 2.09. The summed E-state index contributed by atoms with van der Waals surface area (Å²) in [5.74, 6) is 2.19. The van der Waals surface area contributed by atoms with E-state index in [9.17, 15) is 0 Å². The van der Waals surface area contributed by atoms with E-state index >= 15 is 0 Å². The quantitative estimate of drug-likeness (QED) is 0.422. The van der Waals surface area contributed by atoms with Crippen LogP contribution < -0.4 is 10.1 Å². The molecule has 0 radical (unpaired) electrons. The Morgan fingerprint density at radius 3 is 3.08 bits per heavy atom. The number of ether oxygens (including phenoxy) is 2. The van der Waals surface area contributed by atoms with Gasteiger partial charge in [0.05, 0.1) is 19.8 Å². The molecule has 1 fully saturated rings. The van der Waals surface area contributed by atoms with Gasteiger partial charge in [-0.1, -0.05) is 19.4 Å². The molecule has 1 atom stereocenters. The molecule has 6 heteroatoms. The third-order valence-corrected chi connectivity index (χ3v) is 4.24. The van der Waals surface area contributed by atoms with Gasteiger partial charge in [0.1, 0.15) is 0 Å². The number of nitrogens with zero attached hydrogens (tertiary/aromatic N) is 3. The van der Waals surface area contributed by atoms with Crippen molar-refractivity contribution in [2.75, 3.05) is 40.0 Å². The summed E-state index contributed by atoms with van der Waals surface area (Å²) >= 11 is 0. The van der Waals surface area contributed by atoms with Gasteiger partial charge in [0.15, 0.2) is 5.96 Å². The maximum Gasteiger partial charge on any atom is 0.218 e. The van der Waals surface area contributed by atoms with Gasteiger partial charge in [0.25, 0.3) is 0 Å². The lowest BCUT2D eigenvalue weighted by atomic mass is 10.1. The van der Waals surface area contributed by atoms with Crippen molar-refractivity contribution in [1.82, 2.24) is 15.2 Å². The van der Waals surface area contributed by atoms with E-state index in [2.05, 4.69) is 36.1 Å². The van der Waals surface area contributed by atoms with E-state index in [0.717, 1.165) is 57.1 Å². The van der Waals surface area contributed by atoms with E-state index in [0.29, 0.717) is 24.9 Å². The lowest BCUT2D eigenvalue weighted by Crippen LogP contribution is -2.41. The molecule has 1 unspecified atom stereocenters. The van der Waals surface area contributed by atoms with Crippen LogP contribution in [0.2, 0.25) is 0 Å². The number of pyridine rings is 1. The van der Waals surface area contributed by atoms with Gasteiger partial charge >= 0.3 is 0 Å². The van der Waals surface area contributed by atoms with Crippen molar-refractivity contribution in [3.05, 3.63) is 23.9 Å². The molecule has 0 aliphatic carbocycles. The average molecular weight is 348 g/mol. The van der Waals surface area contributed by atoms with Gasteiger partial charge in [-0.2, -0.15) is 0 Å². The molecule has 1 aliphatic rings. The molecular weight excluding hydrogens is 316 g/mol. The van der Waals surface area contributed by atoms with Crippen molar-refractivity contribution in [3.63, 3.8) is 0 Å². The molecule has 0 bridgehead atoms. The minimum absolute atomic E-state index is 0.559. The van der Waals surface area contributed by atoms with Crippen LogP contribution in [0.4, 0.5) is 0 Å². The number of rotatable bonds is 9. The minimum Gasteiger partial charge on any atom is -0.477 e. The van der Waals surface area contributed by atoms with Crippen LogP contribution in [0.25, 0.3) is 0 Å². The highest BCUT2D eigenvalue weighted by atomic mass is 16.5. The van der Waals surface area contributed by atoms with Gasteiger partial charge in [-0.05, 0) is 25.8 Å². The van der Waals surface area contributed by atoms with E-state index in [-0.39, 0.29) is 0 Å². The van der Waals surface area contributed by atoms with Gasteiger partial charge in [0.2, 0.25) is 5.88 Å². The lowest BCUT2D eigenvalue weighted by Gasteiger charge is -2.24. The van der Waals surface area contributed by atoms with Crippen LogP contribution in [0.1, 0.15) is 38.7 Å². The number of nitrogens with one attached hydrogen (secondary N) is 1. The molecule has 0 spiro atoms. The molecule has 140 valence electrons. The third-order valence-electron chi connectivity index (χ3n) is 4.24. The molecule has 1 N–H and O–H groups in total. The molecule has 1 aromatic rings. The van der Waals surface area contributed by atoms with Crippen LogP contribution in [0.3, 0.4) is 0 Å². The van der Waals surface area contributed by atoms with Crippen LogP contribution in [-0.2, 0) is 11.3 Å². The maximum atomic E-state index is 5.81. The summed E-state index contributed by atoms with van der Waals surface area (Å²) in [4.78, 5) is 11.3. The fraction of sp³-hybridized carbons (Fsp3) is 0.684. The Bertz CT molecular complexity index is 530. The Balaban J connectivity index is 1.99. The number of aromatic nitrogens is 1. The molecule has 1 aromatic heterocycles. The SMILES string of the molecule is CCCCOc1ncccc1CN=C(NCC)N(C)CC1CCOC1. The monoisotopic (exact) mass is 348 g/mol. The van der Waals surface area contributed by atoms with Crippen LogP contribution in [0.15, 0.2) is 23.3 Å². The van der Waals surface area contributed by atoms with Gasteiger partial charge in [-0.25, -0.2) is 9.98 Å². The molecule has 0 aromatic carbocycles. The second kappa shape index (κ2) is 10.9. The number of guanidine groups is 1. The first-order chi connectivity index (χ1) is 12.2. The zero-order valence-electron chi connectivity index (χ0n) is 15.8. The van der Waals surface area contributed by atoms with E-state index in [4.69, 9.17) is 14.5 Å². The van der Waals surface area contributed by atoms with E-state index < -0.39 is 0 Å². The molecule has 1 saturated heterocycles. The first kappa shape index (κ1) is 19.5. The highest BCUT2D eigenvalue weighted by Crippen LogP contribution is 2.17. The number of hydrogen-bond acceptors (Lipinski definition) is 4. The Morgan fingerprint density at radius 1 is 1.48 bits per heavy atom. The van der Waals surface area contributed by atoms with Crippen LogP contribution in [0.5, 0.6) is 5.88 Å². The second-order valence-corrected chi connectivity index (χ2v) is 6.45. The predicted octanol–water partition coefficient (Wildman–Crippen LogP) is 2.69. The molecular formula is C19H32N4O2. The largest absolute Gasteiger partial charge is 0.477 e. The fourth-order valence-corrected chi connectivity index (χ4v) is 2.82. The predicted molar refractivity (Wildman–Crippen MR) is 101 cm³/mol. The van der Waals surface area contributed by atoms with Crippen molar-refractivity contribution in [1.29, 1.82) is 0 Å². The van der Waals surface area contributed by atoms with Gasteiger partial charge in [-0.3, -0.25) is 0 Å². The lowest BCUT2D eigenvalue weighted by molar-refractivity contribution is 0.181. The first-order valence-electron chi connectivity index (χ1n) is 9.38. The summed E-state index contributed by atoms with van der Waals surface area (Å²) in [6, 6.07) is 3.97. The summed E-state index contributed by atoms with van der Waals surface area (Å²) in [5.41, 5.74) is 1.02. The number of aliphatic imine (C=N–C) groups is 1. The highest BCUT2D eigenvalue weighted by Gasteiger charge is 2.19. The zero-order valence-corrected chi connectivity index (χ0v) is 15.8.